The Morgan fingerprint density at radius 2 is 2.03 bits per heavy atom. The Morgan fingerprint density at radius 3 is 2.80 bits per heavy atom. The van der Waals surface area contributed by atoms with Crippen molar-refractivity contribution in [3.63, 3.8) is 0 Å². The number of aromatic amines is 1. The number of unbranched alkanes of at least 4 members (excludes halogenated alkanes) is 1. The summed E-state index contributed by atoms with van der Waals surface area (Å²) in [6.45, 7) is 5.68. The first kappa shape index (κ1) is 20.4. The summed E-state index contributed by atoms with van der Waals surface area (Å²) in [4.78, 5) is 18.1. The van der Waals surface area contributed by atoms with Crippen LogP contribution in [0.25, 0.3) is 10.9 Å². The van der Waals surface area contributed by atoms with E-state index in [4.69, 9.17) is 4.74 Å². The van der Waals surface area contributed by atoms with Crippen LogP contribution < -0.4 is 10.1 Å². The van der Waals surface area contributed by atoms with E-state index in [-0.39, 0.29) is 5.75 Å². The summed E-state index contributed by atoms with van der Waals surface area (Å²) in [5.74, 6) is -0.146. The number of hydrogen-bond donors (Lipinski definition) is 2. The first-order chi connectivity index (χ1) is 14.6. The van der Waals surface area contributed by atoms with E-state index in [2.05, 4.69) is 28.3 Å². The average Bonchev–Trinajstić information content (AvgIpc) is 3.17. The quantitative estimate of drug-likeness (QED) is 0.533. The first-order valence-electron chi connectivity index (χ1n) is 10.7. The van der Waals surface area contributed by atoms with E-state index in [0.29, 0.717) is 11.6 Å². The van der Waals surface area contributed by atoms with Crippen molar-refractivity contribution in [3.05, 3.63) is 60.0 Å². The molecule has 0 spiro atoms. The Hall–Kier alpha value is -2.86. The summed E-state index contributed by atoms with van der Waals surface area (Å²) < 4.78 is 18.8. The number of nitrogens with zero attached hydrogens (tertiary/aromatic N) is 1. The fraction of sp³-hybridized carbons (Fsp3) is 0.375. The van der Waals surface area contributed by atoms with Crippen LogP contribution in [0, 0.1) is 5.82 Å². The molecular weight excluding hydrogens is 381 g/mol. The molecule has 1 fully saturated rings. The summed E-state index contributed by atoms with van der Waals surface area (Å²) in [7, 11) is 0. The number of carbonyl (C=O) groups excluding carboxylic acids is 1. The second-order valence-electron chi connectivity index (χ2n) is 7.92. The molecule has 3 aromatic rings. The molecule has 0 saturated carbocycles. The normalized spacial score (nSPS) is 15.4. The number of benzene rings is 2. The largest absolute Gasteiger partial charge is 0.417 e. The van der Waals surface area contributed by atoms with Gasteiger partial charge in [-0.1, -0.05) is 25.5 Å². The van der Waals surface area contributed by atoms with Gasteiger partial charge in [-0.3, -0.25) is 5.32 Å². The summed E-state index contributed by atoms with van der Waals surface area (Å²) in [6.07, 6.45) is 6.17. The van der Waals surface area contributed by atoms with Crippen LogP contribution in [-0.2, 0) is 0 Å². The van der Waals surface area contributed by atoms with E-state index >= 15 is 0 Å². The molecule has 6 heteroatoms. The van der Waals surface area contributed by atoms with Crippen molar-refractivity contribution in [2.24, 2.45) is 0 Å². The van der Waals surface area contributed by atoms with Gasteiger partial charge >= 0.3 is 6.09 Å². The number of piperidine rings is 1. The monoisotopic (exact) mass is 409 g/mol. The Balaban J connectivity index is 1.44. The van der Waals surface area contributed by atoms with E-state index in [1.54, 1.807) is 12.1 Å². The third kappa shape index (κ3) is 4.65. The van der Waals surface area contributed by atoms with Gasteiger partial charge in [0, 0.05) is 22.8 Å². The number of fused-ring (bicyclic) bond motifs is 1. The van der Waals surface area contributed by atoms with Gasteiger partial charge in [-0.25, -0.2) is 9.18 Å². The Morgan fingerprint density at radius 1 is 1.23 bits per heavy atom. The second-order valence-corrected chi connectivity index (χ2v) is 7.92. The van der Waals surface area contributed by atoms with Crippen LogP contribution >= 0.6 is 0 Å². The van der Waals surface area contributed by atoms with Crippen molar-refractivity contribution in [2.75, 3.05) is 25.0 Å². The minimum absolute atomic E-state index is 0.0896. The standard InChI is InChI=1S/C24H28FN3O2/c1-2-3-12-28-13-10-17(11-14-28)20-16-26-22-9-8-18(15-19(20)22)27-24(29)30-23-7-5-4-6-21(23)25/h4-9,15-17,26H,2-3,10-14H2,1H3,(H,27,29). The number of nitrogens with one attached hydrogen (secondary N) is 2. The smallest absolute Gasteiger partial charge is 0.407 e. The lowest BCUT2D eigenvalue weighted by Gasteiger charge is -2.31. The van der Waals surface area contributed by atoms with Gasteiger partial charge in [0.2, 0.25) is 0 Å². The van der Waals surface area contributed by atoms with Crippen molar-refractivity contribution in [3.8, 4) is 5.75 Å². The fourth-order valence-electron chi connectivity index (χ4n) is 4.18. The van der Waals surface area contributed by atoms with E-state index in [9.17, 15) is 9.18 Å². The van der Waals surface area contributed by atoms with Crippen LogP contribution in [0.3, 0.4) is 0 Å². The maximum absolute atomic E-state index is 13.7. The molecule has 2 aromatic carbocycles. The summed E-state index contributed by atoms with van der Waals surface area (Å²) in [5.41, 5.74) is 2.97. The first-order valence-corrected chi connectivity index (χ1v) is 10.7. The van der Waals surface area contributed by atoms with Gasteiger partial charge in [-0.2, -0.15) is 0 Å². The zero-order chi connectivity index (χ0) is 20.9. The van der Waals surface area contributed by atoms with Crippen LogP contribution in [-0.4, -0.2) is 35.6 Å². The molecule has 1 aromatic heterocycles. The van der Waals surface area contributed by atoms with Gasteiger partial charge in [0.1, 0.15) is 0 Å². The fourth-order valence-corrected chi connectivity index (χ4v) is 4.18. The number of H-pyrrole nitrogens is 1. The zero-order valence-corrected chi connectivity index (χ0v) is 17.3. The maximum Gasteiger partial charge on any atom is 0.417 e. The summed E-state index contributed by atoms with van der Waals surface area (Å²) >= 11 is 0. The van der Waals surface area contributed by atoms with Gasteiger partial charge in [0.15, 0.2) is 11.6 Å². The molecule has 1 saturated heterocycles. The molecule has 1 aliphatic heterocycles. The lowest BCUT2D eigenvalue weighted by Crippen LogP contribution is -2.33. The zero-order valence-electron chi connectivity index (χ0n) is 17.3. The molecule has 0 unspecified atom stereocenters. The SMILES string of the molecule is CCCCN1CCC(c2c[nH]c3ccc(NC(=O)Oc4ccccc4F)cc23)CC1. The highest BCUT2D eigenvalue weighted by Gasteiger charge is 2.22. The minimum atomic E-state index is -0.708. The summed E-state index contributed by atoms with van der Waals surface area (Å²) in [5, 5.41) is 3.83. The number of carbonyl (C=O) groups is 1. The van der Waals surface area contributed by atoms with E-state index in [1.807, 2.05) is 18.2 Å². The van der Waals surface area contributed by atoms with Crippen LogP contribution in [0.15, 0.2) is 48.7 Å². The van der Waals surface area contributed by atoms with E-state index in [0.717, 1.165) is 36.8 Å². The van der Waals surface area contributed by atoms with Crippen LogP contribution in [0.5, 0.6) is 5.75 Å². The molecule has 4 rings (SSSR count). The number of aromatic nitrogens is 1. The molecule has 2 heterocycles. The molecule has 1 amide bonds. The van der Waals surface area contributed by atoms with Gasteiger partial charge < -0.3 is 14.6 Å². The van der Waals surface area contributed by atoms with Crippen molar-refractivity contribution in [2.45, 2.75) is 38.5 Å². The number of rotatable bonds is 6. The van der Waals surface area contributed by atoms with Crippen LogP contribution in [0.1, 0.15) is 44.1 Å². The average molecular weight is 410 g/mol. The molecule has 1 aliphatic rings. The molecule has 30 heavy (non-hydrogen) atoms. The van der Waals surface area contributed by atoms with E-state index < -0.39 is 11.9 Å². The van der Waals surface area contributed by atoms with Crippen molar-refractivity contribution in [1.82, 2.24) is 9.88 Å². The molecule has 0 atom stereocenters. The summed E-state index contributed by atoms with van der Waals surface area (Å²) in [6, 6.07) is 11.6. The molecular formula is C24H28FN3O2. The second kappa shape index (κ2) is 9.30. The molecule has 0 aliphatic carbocycles. The number of hydrogen-bond acceptors (Lipinski definition) is 3. The number of amides is 1. The van der Waals surface area contributed by atoms with Crippen LogP contribution in [0.4, 0.5) is 14.9 Å². The van der Waals surface area contributed by atoms with Gasteiger partial charge in [-0.15, -0.1) is 0 Å². The van der Waals surface area contributed by atoms with Crippen molar-refractivity contribution in [1.29, 1.82) is 0 Å². The maximum atomic E-state index is 13.7. The van der Waals surface area contributed by atoms with Gasteiger partial charge in [0.25, 0.3) is 0 Å². The Bertz CT molecular complexity index is 1010. The van der Waals surface area contributed by atoms with Gasteiger partial charge in [0.05, 0.1) is 0 Å². The number of halogens is 1. The lowest BCUT2D eigenvalue weighted by molar-refractivity contribution is 0.210. The van der Waals surface area contributed by atoms with Crippen molar-refractivity contribution >= 4 is 22.7 Å². The van der Waals surface area contributed by atoms with Gasteiger partial charge in [-0.05, 0) is 80.7 Å². The van der Waals surface area contributed by atoms with E-state index in [1.165, 1.54) is 37.1 Å². The van der Waals surface area contributed by atoms with Crippen LogP contribution in [0.2, 0.25) is 0 Å². The number of likely N-dealkylation sites (tertiary alicyclic amines) is 1. The third-order valence-electron chi connectivity index (χ3n) is 5.85. The Labute approximate surface area is 176 Å². The molecule has 5 nitrogen and oxygen atoms in total. The number of para-hydroxylation sites is 1. The molecule has 0 bridgehead atoms. The predicted molar refractivity (Wildman–Crippen MR) is 118 cm³/mol. The topological polar surface area (TPSA) is 57.4 Å². The third-order valence-corrected chi connectivity index (χ3v) is 5.85. The minimum Gasteiger partial charge on any atom is -0.407 e. The highest BCUT2D eigenvalue weighted by Crippen LogP contribution is 2.34. The highest BCUT2D eigenvalue weighted by molar-refractivity contribution is 5.92. The van der Waals surface area contributed by atoms with Crippen molar-refractivity contribution < 1.29 is 13.9 Å². The Kier molecular flexibility index (Phi) is 6.33. The molecule has 158 valence electrons. The molecule has 0 radical (unpaired) electrons. The predicted octanol–water partition coefficient (Wildman–Crippen LogP) is 5.90. The number of ether oxygens (including phenoxy) is 1. The number of anilines is 1. The highest BCUT2D eigenvalue weighted by atomic mass is 19.1. The lowest BCUT2D eigenvalue weighted by atomic mass is 9.89. The molecule has 2 N–H and O–H groups in total.